The lowest BCUT2D eigenvalue weighted by molar-refractivity contribution is -0.126. The van der Waals surface area contributed by atoms with Gasteiger partial charge in [0.2, 0.25) is 5.91 Å². The molecule has 0 saturated heterocycles. The fraction of sp³-hybridized carbons (Fsp3) is 0.467. The maximum Gasteiger partial charge on any atom is 0.240 e. The number of carbonyl (C=O) groups is 1. The first-order valence-corrected chi connectivity index (χ1v) is 6.65. The van der Waals surface area contributed by atoms with Gasteiger partial charge in [0.1, 0.15) is 0 Å². The van der Waals surface area contributed by atoms with Gasteiger partial charge in [0.05, 0.1) is 23.2 Å². The van der Waals surface area contributed by atoms with Gasteiger partial charge in [-0.15, -0.1) is 0 Å². The van der Waals surface area contributed by atoms with Gasteiger partial charge < -0.3 is 11.1 Å². The number of benzene rings is 1. The minimum atomic E-state index is -0.694. The summed E-state index contributed by atoms with van der Waals surface area (Å²) < 4.78 is 0. The van der Waals surface area contributed by atoms with Crippen molar-refractivity contribution in [2.24, 2.45) is 5.73 Å². The van der Waals surface area contributed by atoms with Crippen LogP contribution in [0.4, 0.5) is 0 Å². The number of amides is 1. The molecule has 1 fully saturated rings. The average molecular weight is 257 g/mol. The van der Waals surface area contributed by atoms with Crippen molar-refractivity contribution in [3.63, 3.8) is 0 Å². The van der Waals surface area contributed by atoms with Crippen LogP contribution in [0.1, 0.15) is 49.8 Å². The SMILES string of the molecule is CC(NC(=O)C1(N)CCCC1)c1ccc(C#N)cc1. The topological polar surface area (TPSA) is 78.9 Å². The molecule has 100 valence electrons. The monoisotopic (exact) mass is 257 g/mol. The summed E-state index contributed by atoms with van der Waals surface area (Å²) in [4.78, 5) is 12.2. The Hall–Kier alpha value is -1.86. The molecule has 4 nitrogen and oxygen atoms in total. The van der Waals surface area contributed by atoms with E-state index in [1.807, 2.05) is 19.1 Å². The minimum Gasteiger partial charge on any atom is -0.348 e. The first-order chi connectivity index (χ1) is 9.05. The van der Waals surface area contributed by atoms with Crippen LogP contribution < -0.4 is 11.1 Å². The normalized spacial score (nSPS) is 18.6. The lowest BCUT2D eigenvalue weighted by Crippen LogP contribution is -2.52. The molecule has 1 aromatic rings. The van der Waals surface area contributed by atoms with Crippen molar-refractivity contribution in [3.8, 4) is 6.07 Å². The largest absolute Gasteiger partial charge is 0.348 e. The van der Waals surface area contributed by atoms with Crippen LogP contribution in [0.2, 0.25) is 0 Å². The maximum atomic E-state index is 12.2. The zero-order valence-corrected chi connectivity index (χ0v) is 11.1. The average Bonchev–Trinajstić information content (AvgIpc) is 2.87. The Morgan fingerprint density at radius 3 is 2.47 bits per heavy atom. The fourth-order valence-electron chi connectivity index (χ4n) is 2.50. The Labute approximate surface area is 113 Å². The number of hydrogen-bond donors (Lipinski definition) is 2. The van der Waals surface area contributed by atoms with E-state index < -0.39 is 5.54 Å². The molecule has 1 aliphatic carbocycles. The molecule has 0 aliphatic heterocycles. The molecule has 1 unspecified atom stereocenters. The van der Waals surface area contributed by atoms with Crippen molar-refractivity contribution in [2.75, 3.05) is 0 Å². The lowest BCUT2D eigenvalue weighted by Gasteiger charge is -2.25. The standard InChI is InChI=1S/C15H19N3O/c1-11(13-6-4-12(10-16)5-7-13)18-14(19)15(17)8-2-3-9-15/h4-7,11H,2-3,8-9,17H2,1H3,(H,18,19). The summed E-state index contributed by atoms with van der Waals surface area (Å²) in [6.45, 7) is 1.93. The highest BCUT2D eigenvalue weighted by molar-refractivity contribution is 5.86. The second-order valence-corrected chi connectivity index (χ2v) is 5.29. The molecule has 2 rings (SSSR count). The molecule has 0 spiro atoms. The third-order valence-corrected chi connectivity index (χ3v) is 3.84. The molecule has 0 aromatic heterocycles. The van der Waals surface area contributed by atoms with Gasteiger partial charge in [-0.2, -0.15) is 5.26 Å². The highest BCUT2D eigenvalue weighted by Crippen LogP contribution is 2.28. The zero-order chi connectivity index (χ0) is 13.9. The van der Waals surface area contributed by atoms with Crippen molar-refractivity contribution in [2.45, 2.75) is 44.2 Å². The molecular weight excluding hydrogens is 238 g/mol. The summed E-state index contributed by atoms with van der Waals surface area (Å²) in [5.41, 5.74) is 7.03. The van der Waals surface area contributed by atoms with Gasteiger partial charge in [-0.3, -0.25) is 4.79 Å². The van der Waals surface area contributed by atoms with Crippen LogP contribution in [-0.4, -0.2) is 11.4 Å². The molecular formula is C15H19N3O. The van der Waals surface area contributed by atoms with E-state index in [2.05, 4.69) is 11.4 Å². The summed E-state index contributed by atoms with van der Waals surface area (Å²) in [7, 11) is 0. The number of nitrogens with one attached hydrogen (secondary N) is 1. The van der Waals surface area contributed by atoms with E-state index in [1.165, 1.54) is 0 Å². The molecule has 19 heavy (non-hydrogen) atoms. The summed E-state index contributed by atoms with van der Waals surface area (Å²) in [5, 5.41) is 11.7. The van der Waals surface area contributed by atoms with E-state index >= 15 is 0 Å². The van der Waals surface area contributed by atoms with Gasteiger partial charge in [-0.1, -0.05) is 25.0 Å². The third-order valence-electron chi connectivity index (χ3n) is 3.84. The quantitative estimate of drug-likeness (QED) is 0.869. The first-order valence-electron chi connectivity index (χ1n) is 6.65. The predicted molar refractivity (Wildman–Crippen MR) is 73.1 cm³/mol. The zero-order valence-electron chi connectivity index (χ0n) is 11.1. The van der Waals surface area contributed by atoms with Crippen LogP contribution in [-0.2, 0) is 4.79 Å². The number of rotatable bonds is 3. The van der Waals surface area contributed by atoms with Gasteiger partial charge in [0, 0.05) is 0 Å². The van der Waals surface area contributed by atoms with Gasteiger partial charge >= 0.3 is 0 Å². The van der Waals surface area contributed by atoms with E-state index in [-0.39, 0.29) is 11.9 Å². The van der Waals surface area contributed by atoms with Gasteiger partial charge in [-0.25, -0.2) is 0 Å². The van der Waals surface area contributed by atoms with Crippen LogP contribution in [0.5, 0.6) is 0 Å². The molecule has 1 aromatic carbocycles. The highest BCUT2D eigenvalue weighted by atomic mass is 16.2. The molecule has 4 heteroatoms. The maximum absolute atomic E-state index is 12.2. The number of nitrogens with two attached hydrogens (primary N) is 1. The Bertz CT molecular complexity index is 495. The van der Waals surface area contributed by atoms with E-state index in [9.17, 15) is 4.79 Å². The van der Waals surface area contributed by atoms with Crippen molar-refractivity contribution >= 4 is 5.91 Å². The highest BCUT2D eigenvalue weighted by Gasteiger charge is 2.37. The molecule has 1 atom stereocenters. The van der Waals surface area contributed by atoms with Crippen LogP contribution in [0.3, 0.4) is 0 Å². The Morgan fingerprint density at radius 2 is 1.95 bits per heavy atom. The Kier molecular flexibility index (Phi) is 3.87. The summed E-state index contributed by atoms with van der Waals surface area (Å²) >= 11 is 0. The summed E-state index contributed by atoms with van der Waals surface area (Å²) in [6, 6.07) is 9.22. The van der Waals surface area contributed by atoms with Crippen molar-refractivity contribution in [1.82, 2.24) is 5.32 Å². The number of carbonyl (C=O) groups excluding carboxylic acids is 1. The number of nitriles is 1. The molecule has 1 saturated carbocycles. The smallest absolute Gasteiger partial charge is 0.240 e. The van der Waals surface area contributed by atoms with Gasteiger partial charge in [-0.05, 0) is 37.5 Å². The van der Waals surface area contributed by atoms with Crippen LogP contribution >= 0.6 is 0 Å². The van der Waals surface area contributed by atoms with Crippen LogP contribution in [0.15, 0.2) is 24.3 Å². The van der Waals surface area contributed by atoms with E-state index in [4.69, 9.17) is 11.0 Å². The Balaban J connectivity index is 2.02. The van der Waals surface area contributed by atoms with Crippen LogP contribution in [0, 0.1) is 11.3 Å². The van der Waals surface area contributed by atoms with Gasteiger partial charge in [0.25, 0.3) is 0 Å². The lowest BCUT2D eigenvalue weighted by atomic mass is 9.97. The van der Waals surface area contributed by atoms with E-state index in [0.29, 0.717) is 5.56 Å². The van der Waals surface area contributed by atoms with Gasteiger partial charge in [0.15, 0.2) is 0 Å². The predicted octanol–water partition coefficient (Wildman–Crippen LogP) is 2.01. The molecule has 1 aliphatic rings. The van der Waals surface area contributed by atoms with Crippen molar-refractivity contribution in [1.29, 1.82) is 5.26 Å². The minimum absolute atomic E-state index is 0.0677. The van der Waals surface area contributed by atoms with Crippen molar-refractivity contribution in [3.05, 3.63) is 35.4 Å². The second kappa shape index (κ2) is 5.41. The van der Waals surface area contributed by atoms with Crippen LogP contribution in [0.25, 0.3) is 0 Å². The van der Waals surface area contributed by atoms with Crippen molar-refractivity contribution < 1.29 is 4.79 Å². The summed E-state index contributed by atoms with van der Waals surface area (Å²) in [6.07, 6.45) is 3.57. The summed E-state index contributed by atoms with van der Waals surface area (Å²) in [5.74, 6) is -0.0677. The molecule has 0 heterocycles. The Morgan fingerprint density at radius 1 is 1.37 bits per heavy atom. The molecule has 3 N–H and O–H groups in total. The first kappa shape index (κ1) is 13.6. The molecule has 1 amide bonds. The second-order valence-electron chi connectivity index (χ2n) is 5.29. The molecule has 0 radical (unpaired) electrons. The molecule has 0 bridgehead atoms. The van der Waals surface area contributed by atoms with E-state index in [0.717, 1.165) is 31.2 Å². The number of hydrogen-bond acceptors (Lipinski definition) is 3. The number of nitrogens with zero attached hydrogens (tertiary/aromatic N) is 1. The fourth-order valence-corrected chi connectivity index (χ4v) is 2.50. The van der Waals surface area contributed by atoms with E-state index in [1.54, 1.807) is 12.1 Å². The third kappa shape index (κ3) is 2.94.